The number of aryl methyl sites for hydroxylation is 2. The molecule has 0 radical (unpaired) electrons. The van der Waals surface area contributed by atoms with Crippen LogP contribution in [0.25, 0.3) is 0 Å². The van der Waals surface area contributed by atoms with Crippen molar-refractivity contribution in [2.24, 2.45) is 0 Å². The molecule has 0 saturated carbocycles. The fourth-order valence-corrected chi connectivity index (χ4v) is 2.69. The van der Waals surface area contributed by atoms with Crippen LogP contribution in [-0.2, 0) is 6.42 Å². The second kappa shape index (κ2) is 11.9. The molecule has 0 fully saturated rings. The minimum absolute atomic E-state index is 0. The molecule has 1 rings (SSSR count). The first-order chi connectivity index (χ1) is 9.27. The van der Waals surface area contributed by atoms with Gasteiger partial charge in [-0.15, -0.1) is 0 Å². The second-order valence-corrected chi connectivity index (χ2v) is 5.58. The van der Waals surface area contributed by atoms with E-state index in [4.69, 9.17) is 0 Å². The number of benzene rings is 1. The molecule has 116 valence electrons. The van der Waals surface area contributed by atoms with Crippen molar-refractivity contribution >= 4 is 0 Å². The van der Waals surface area contributed by atoms with Crippen LogP contribution in [0.5, 0.6) is 0 Å². The maximum Gasteiger partial charge on any atom is -0.00187 e. The topological polar surface area (TPSA) is 34.7 Å². The summed E-state index contributed by atoms with van der Waals surface area (Å²) in [6.45, 7) is 10.6. The van der Waals surface area contributed by atoms with Crippen molar-refractivity contribution in [2.75, 3.05) is 19.6 Å². The molecule has 2 N–H and O–H groups in total. The number of unbranched alkanes of at least 4 members (excludes halogenated alkanes) is 2. The standard InChI is InChI=1S/C18H31N.H2O/c1-4-14-19(15-5-2)16-10-6-7-12-18-13-9-8-11-17(18)3;/h8-9,11,13H,4-7,10,12,14-16H2,1-3H3;1H2. The molecule has 2 nitrogen and oxygen atoms in total. The first-order valence-electron chi connectivity index (χ1n) is 8.04. The van der Waals surface area contributed by atoms with Crippen LogP contribution in [0.4, 0.5) is 0 Å². The lowest BCUT2D eigenvalue weighted by atomic mass is 10.0. The maximum absolute atomic E-state index is 2.62. The Morgan fingerprint density at radius 2 is 1.50 bits per heavy atom. The van der Waals surface area contributed by atoms with Crippen molar-refractivity contribution in [2.45, 2.75) is 59.3 Å². The van der Waals surface area contributed by atoms with Crippen molar-refractivity contribution < 1.29 is 5.48 Å². The van der Waals surface area contributed by atoms with Crippen LogP contribution >= 0.6 is 0 Å². The zero-order valence-electron chi connectivity index (χ0n) is 13.6. The summed E-state index contributed by atoms with van der Waals surface area (Å²) < 4.78 is 0. The Kier molecular flexibility index (Phi) is 11.4. The fourth-order valence-electron chi connectivity index (χ4n) is 2.69. The molecule has 1 aromatic carbocycles. The molecule has 20 heavy (non-hydrogen) atoms. The largest absolute Gasteiger partial charge is 0.412 e. The first-order valence-corrected chi connectivity index (χ1v) is 8.04. The molecule has 0 spiro atoms. The van der Waals surface area contributed by atoms with Gasteiger partial charge in [0.05, 0.1) is 0 Å². The molecule has 0 aliphatic heterocycles. The van der Waals surface area contributed by atoms with Gasteiger partial charge in [-0.1, -0.05) is 44.5 Å². The monoisotopic (exact) mass is 279 g/mol. The molecular formula is C18H33NO. The Bertz CT molecular complexity index is 332. The molecule has 1 aromatic rings. The van der Waals surface area contributed by atoms with Gasteiger partial charge in [-0.25, -0.2) is 0 Å². The minimum Gasteiger partial charge on any atom is -0.412 e. The predicted octanol–water partition coefficient (Wildman–Crippen LogP) is 4.01. The third-order valence-corrected chi connectivity index (χ3v) is 3.76. The van der Waals surface area contributed by atoms with E-state index in [1.54, 1.807) is 0 Å². The van der Waals surface area contributed by atoms with Crippen LogP contribution in [0.2, 0.25) is 0 Å². The van der Waals surface area contributed by atoms with Gasteiger partial charge >= 0.3 is 0 Å². The van der Waals surface area contributed by atoms with E-state index >= 15 is 0 Å². The van der Waals surface area contributed by atoms with Gasteiger partial charge in [-0.2, -0.15) is 0 Å². The van der Waals surface area contributed by atoms with Crippen LogP contribution in [0.1, 0.15) is 57.1 Å². The summed E-state index contributed by atoms with van der Waals surface area (Å²) in [4.78, 5) is 2.62. The Morgan fingerprint density at radius 3 is 2.10 bits per heavy atom. The van der Waals surface area contributed by atoms with E-state index in [2.05, 4.69) is 49.9 Å². The molecule has 0 aliphatic carbocycles. The average molecular weight is 279 g/mol. The lowest BCUT2D eigenvalue weighted by Crippen LogP contribution is -2.26. The van der Waals surface area contributed by atoms with E-state index in [1.807, 2.05) is 0 Å². The maximum atomic E-state index is 2.62. The van der Waals surface area contributed by atoms with Gasteiger partial charge in [-0.3, -0.25) is 0 Å². The summed E-state index contributed by atoms with van der Waals surface area (Å²) in [5.41, 5.74) is 2.97. The van der Waals surface area contributed by atoms with Gasteiger partial charge in [0.1, 0.15) is 0 Å². The fraction of sp³-hybridized carbons (Fsp3) is 0.667. The Balaban J connectivity index is 0.00000361. The molecule has 2 heteroatoms. The first kappa shape index (κ1) is 19.1. The van der Waals surface area contributed by atoms with Gasteiger partial charge < -0.3 is 10.4 Å². The van der Waals surface area contributed by atoms with Gasteiger partial charge in [0.15, 0.2) is 0 Å². The normalized spacial score (nSPS) is 10.6. The summed E-state index contributed by atoms with van der Waals surface area (Å²) in [6, 6.07) is 8.79. The molecule has 0 aliphatic rings. The smallest absolute Gasteiger partial charge is 0.00187 e. The van der Waals surface area contributed by atoms with Crippen molar-refractivity contribution in [1.29, 1.82) is 0 Å². The van der Waals surface area contributed by atoms with Crippen molar-refractivity contribution in [3.63, 3.8) is 0 Å². The van der Waals surface area contributed by atoms with Crippen LogP contribution in [0.15, 0.2) is 24.3 Å². The summed E-state index contributed by atoms with van der Waals surface area (Å²) in [5.74, 6) is 0. The minimum atomic E-state index is 0. The van der Waals surface area contributed by atoms with Gasteiger partial charge in [0.25, 0.3) is 0 Å². The number of nitrogens with zero attached hydrogens (tertiary/aromatic N) is 1. The van der Waals surface area contributed by atoms with Gasteiger partial charge in [0.2, 0.25) is 0 Å². The van der Waals surface area contributed by atoms with E-state index < -0.39 is 0 Å². The zero-order chi connectivity index (χ0) is 13.9. The summed E-state index contributed by atoms with van der Waals surface area (Å²) in [5, 5.41) is 0. The Hall–Kier alpha value is -0.860. The molecular weight excluding hydrogens is 246 g/mol. The highest BCUT2D eigenvalue weighted by molar-refractivity contribution is 5.25. The number of rotatable bonds is 10. The van der Waals surface area contributed by atoms with E-state index in [-0.39, 0.29) is 5.48 Å². The van der Waals surface area contributed by atoms with E-state index in [0.29, 0.717) is 0 Å². The Morgan fingerprint density at radius 1 is 0.850 bits per heavy atom. The Labute approximate surface area is 125 Å². The second-order valence-electron chi connectivity index (χ2n) is 5.58. The quantitative estimate of drug-likeness (QED) is 0.596. The van der Waals surface area contributed by atoms with Crippen LogP contribution < -0.4 is 0 Å². The molecule has 0 atom stereocenters. The molecule has 0 amide bonds. The summed E-state index contributed by atoms with van der Waals surface area (Å²) in [7, 11) is 0. The zero-order valence-corrected chi connectivity index (χ0v) is 13.6. The lowest BCUT2D eigenvalue weighted by Gasteiger charge is -2.20. The van der Waals surface area contributed by atoms with Crippen LogP contribution in [0, 0.1) is 6.92 Å². The van der Waals surface area contributed by atoms with E-state index in [0.717, 1.165) is 0 Å². The summed E-state index contributed by atoms with van der Waals surface area (Å²) in [6.07, 6.45) is 7.85. The van der Waals surface area contributed by atoms with E-state index in [9.17, 15) is 0 Å². The lowest BCUT2D eigenvalue weighted by molar-refractivity contribution is 0.268. The molecule has 0 aromatic heterocycles. The third-order valence-electron chi connectivity index (χ3n) is 3.76. The van der Waals surface area contributed by atoms with Crippen molar-refractivity contribution in [1.82, 2.24) is 4.90 Å². The van der Waals surface area contributed by atoms with Gasteiger partial charge in [-0.05, 0) is 69.8 Å². The molecule has 0 heterocycles. The van der Waals surface area contributed by atoms with Crippen LogP contribution in [0.3, 0.4) is 0 Å². The van der Waals surface area contributed by atoms with Crippen molar-refractivity contribution in [3.05, 3.63) is 35.4 Å². The highest BCUT2D eigenvalue weighted by atomic mass is 16.0. The average Bonchev–Trinajstić information content (AvgIpc) is 2.41. The van der Waals surface area contributed by atoms with Gasteiger partial charge in [0, 0.05) is 0 Å². The molecule has 0 bridgehead atoms. The SMILES string of the molecule is CCCN(CCC)CCCCCc1ccccc1C.O. The van der Waals surface area contributed by atoms with Crippen molar-refractivity contribution in [3.8, 4) is 0 Å². The number of hydrogen-bond donors (Lipinski definition) is 0. The highest BCUT2D eigenvalue weighted by Gasteiger charge is 2.02. The molecule has 0 saturated heterocycles. The highest BCUT2D eigenvalue weighted by Crippen LogP contribution is 2.11. The van der Waals surface area contributed by atoms with Crippen LogP contribution in [-0.4, -0.2) is 30.0 Å². The number of hydrogen-bond acceptors (Lipinski definition) is 1. The predicted molar refractivity (Wildman–Crippen MR) is 89.4 cm³/mol. The van der Waals surface area contributed by atoms with E-state index in [1.165, 1.54) is 69.3 Å². The summed E-state index contributed by atoms with van der Waals surface area (Å²) >= 11 is 0. The molecule has 0 unspecified atom stereocenters. The third kappa shape index (κ3) is 7.66.